The first-order chi connectivity index (χ1) is 11.4. The minimum Gasteiger partial charge on any atom is -0.296 e. The highest BCUT2D eigenvalue weighted by Crippen LogP contribution is 2.28. The van der Waals surface area contributed by atoms with Crippen LogP contribution in [0.15, 0.2) is 30.3 Å². The lowest BCUT2D eigenvalue weighted by atomic mass is 10.1. The summed E-state index contributed by atoms with van der Waals surface area (Å²) in [4.78, 5) is 3.71. The van der Waals surface area contributed by atoms with Gasteiger partial charge in [0.1, 0.15) is 5.82 Å². The van der Waals surface area contributed by atoms with Gasteiger partial charge in [0.15, 0.2) is 0 Å². The van der Waals surface area contributed by atoms with Gasteiger partial charge in [-0.1, -0.05) is 31.0 Å². The number of nitrogens with zero attached hydrogens (tertiary/aromatic N) is 4. The van der Waals surface area contributed by atoms with Gasteiger partial charge in [-0.05, 0) is 25.0 Å². The van der Waals surface area contributed by atoms with E-state index < -0.39 is 18.2 Å². The summed E-state index contributed by atoms with van der Waals surface area (Å²) in [6.45, 7) is 0. The highest BCUT2D eigenvalue weighted by Gasteiger charge is 2.37. The molecular formula is C16H18F3N5. The number of hydrogen-bond donors (Lipinski definition) is 1. The first-order valence-electron chi connectivity index (χ1n) is 7.96. The van der Waals surface area contributed by atoms with Gasteiger partial charge in [0, 0.05) is 12.5 Å². The predicted octanol–water partition coefficient (Wildman–Crippen LogP) is 2.76. The third-order valence-electron chi connectivity index (χ3n) is 4.07. The van der Waals surface area contributed by atoms with Crippen molar-refractivity contribution < 1.29 is 13.2 Å². The Morgan fingerprint density at radius 2 is 1.88 bits per heavy atom. The van der Waals surface area contributed by atoms with Crippen LogP contribution in [0.5, 0.6) is 0 Å². The van der Waals surface area contributed by atoms with Gasteiger partial charge in [0.25, 0.3) is 5.82 Å². The van der Waals surface area contributed by atoms with Gasteiger partial charge in [-0.15, -0.1) is 10.8 Å². The van der Waals surface area contributed by atoms with Gasteiger partial charge in [-0.25, -0.2) is 9.67 Å². The van der Waals surface area contributed by atoms with E-state index in [1.165, 1.54) is 4.68 Å². The fraction of sp³-hybridized carbons (Fsp3) is 0.500. The molecular weight excluding hydrogens is 319 g/mol. The topological polar surface area (TPSA) is 65.0 Å². The van der Waals surface area contributed by atoms with E-state index in [4.69, 9.17) is 0 Å². The molecule has 2 heterocycles. The van der Waals surface area contributed by atoms with E-state index in [0.717, 1.165) is 19.3 Å². The van der Waals surface area contributed by atoms with Crippen LogP contribution in [0.25, 0.3) is 5.69 Å². The number of rotatable bonds is 3. The molecule has 3 rings (SSSR count). The molecule has 0 amide bonds. The van der Waals surface area contributed by atoms with Gasteiger partial charge >= 0.3 is 6.18 Å². The summed E-state index contributed by atoms with van der Waals surface area (Å²) in [5.74, 6) is -0.907. The maximum Gasteiger partial charge on any atom is 0.453 e. The Morgan fingerprint density at radius 3 is 2.58 bits per heavy atom. The van der Waals surface area contributed by atoms with Crippen LogP contribution in [0.3, 0.4) is 0 Å². The molecule has 24 heavy (non-hydrogen) atoms. The van der Waals surface area contributed by atoms with Crippen molar-refractivity contribution in [1.82, 2.24) is 25.8 Å². The third-order valence-corrected chi connectivity index (χ3v) is 4.07. The highest BCUT2D eigenvalue weighted by atomic mass is 19.4. The molecule has 128 valence electrons. The Kier molecular flexibility index (Phi) is 4.86. The van der Waals surface area contributed by atoms with E-state index in [0.29, 0.717) is 12.1 Å². The number of para-hydroxylation sites is 1. The van der Waals surface area contributed by atoms with Crippen molar-refractivity contribution in [2.75, 3.05) is 0 Å². The number of halogens is 3. The summed E-state index contributed by atoms with van der Waals surface area (Å²) in [6.07, 6.45) is -1.71. The van der Waals surface area contributed by atoms with Crippen molar-refractivity contribution in [2.24, 2.45) is 0 Å². The van der Waals surface area contributed by atoms with Gasteiger partial charge in [0.2, 0.25) is 0 Å². The summed E-state index contributed by atoms with van der Waals surface area (Å²) in [7, 11) is 0. The summed E-state index contributed by atoms with van der Waals surface area (Å²) < 4.78 is 40.3. The third kappa shape index (κ3) is 3.93. The molecule has 2 aromatic rings. The van der Waals surface area contributed by atoms with Crippen LogP contribution in [0, 0.1) is 0 Å². The minimum atomic E-state index is -4.59. The van der Waals surface area contributed by atoms with E-state index in [9.17, 15) is 18.9 Å². The molecule has 1 aliphatic rings. The molecule has 2 atom stereocenters. The number of nitrogens with one attached hydrogen (secondary N) is 1. The number of hydrogen-bond acceptors (Lipinski definition) is 3. The lowest BCUT2D eigenvalue weighted by molar-refractivity contribution is -0.144. The second-order valence-corrected chi connectivity index (χ2v) is 5.96. The molecule has 0 spiro atoms. The lowest BCUT2D eigenvalue weighted by Crippen LogP contribution is -2.39. The van der Waals surface area contributed by atoms with Crippen LogP contribution in [0.1, 0.15) is 37.3 Å². The molecule has 8 heteroatoms. The monoisotopic (exact) mass is 337 g/mol. The molecule has 1 aromatic carbocycles. The molecule has 0 aliphatic carbocycles. The van der Waals surface area contributed by atoms with Gasteiger partial charge < -0.3 is 0 Å². The lowest BCUT2D eigenvalue weighted by Gasteiger charge is -2.18. The van der Waals surface area contributed by atoms with E-state index in [2.05, 4.69) is 15.4 Å². The SMILES string of the molecule is [N]C1CCCCC(Cc2nc(C(F)(F)F)nn2-c2ccccc2)N1. The van der Waals surface area contributed by atoms with Crippen molar-refractivity contribution in [3.05, 3.63) is 42.0 Å². The minimum absolute atomic E-state index is 0.129. The molecule has 1 saturated heterocycles. The van der Waals surface area contributed by atoms with E-state index in [1.54, 1.807) is 30.3 Å². The van der Waals surface area contributed by atoms with Crippen molar-refractivity contribution in [3.63, 3.8) is 0 Å². The van der Waals surface area contributed by atoms with Gasteiger partial charge in [0.05, 0.1) is 11.9 Å². The molecule has 5 nitrogen and oxygen atoms in total. The zero-order valence-electron chi connectivity index (χ0n) is 13.0. The predicted molar refractivity (Wildman–Crippen MR) is 81.4 cm³/mol. The molecule has 1 aliphatic heterocycles. The second kappa shape index (κ2) is 6.90. The zero-order valence-corrected chi connectivity index (χ0v) is 13.0. The fourth-order valence-electron chi connectivity index (χ4n) is 2.92. The van der Waals surface area contributed by atoms with E-state index >= 15 is 0 Å². The van der Waals surface area contributed by atoms with Crippen LogP contribution in [0.4, 0.5) is 13.2 Å². The van der Waals surface area contributed by atoms with Crippen LogP contribution < -0.4 is 11.1 Å². The smallest absolute Gasteiger partial charge is 0.296 e. The normalized spacial score (nSPS) is 22.3. The number of benzene rings is 1. The van der Waals surface area contributed by atoms with Crippen molar-refractivity contribution in [2.45, 2.75) is 50.5 Å². The Hall–Kier alpha value is -1.93. The molecule has 0 saturated carbocycles. The largest absolute Gasteiger partial charge is 0.453 e. The van der Waals surface area contributed by atoms with Crippen LogP contribution >= 0.6 is 0 Å². The van der Waals surface area contributed by atoms with E-state index in [-0.39, 0.29) is 18.3 Å². The van der Waals surface area contributed by atoms with Crippen molar-refractivity contribution in [3.8, 4) is 5.69 Å². The standard InChI is InChI=1S/C16H18F3N5/c17-16(18,19)15-22-14(10-11-6-4-5-9-13(20)21-11)24(23-15)12-7-2-1-3-8-12/h1-3,7-8,11,13,21H,4-6,9-10H2. The summed E-state index contributed by atoms with van der Waals surface area (Å²) in [5, 5.41) is 6.70. The van der Waals surface area contributed by atoms with E-state index in [1.807, 2.05) is 0 Å². The quantitative estimate of drug-likeness (QED) is 0.937. The Labute approximate surface area is 138 Å². The Morgan fingerprint density at radius 1 is 1.17 bits per heavy atom. The first-order valence-corrected chi connectivity index (χ1v) is 7.96. The maximum absolute atomic E-state index is 13.0. The van der Waals surface area contributed by atoms with Crippen molar-refractivity contribution in [1.29, 1.82) is 0 Å². The summed E-state index contributed by atoms with van der Waals surface area (Å²) >= 11 is 0. The molecule has 1 aromatic heterocycles. The molecule has 1 fully saturated rings. The summed E-state index contributed by atoms with van der Waals surface area (Å²) in [5.41, 5.74) is 10.4. The average molecular weight is 337 g/mol. The fourth-order valence-corrected chi connectivity index (χ4v) is 2.92. The van der Waals surface area contributed by atoms with Crippen LogP contribution in [0.2, 0.25) is 0 Å². The molecule has 2 radical (unpaired) electrons. The zero-order chi connectivity index (χ0) is 17.2. The number of aromatic nitrogens is 3. The average Bonchev–Trinajstić information content (AvgIpc) is 2.85. The van der Waals surface area contributed by atoms with Gasteiger partial charge in [-0.3, -0.25) is 5.32 Å². The Balaban J connectivity index is 1.92. The maximum atomic E-state index is 13.0. The molecule has 0 bridgehead atoms. The van der Waals surface area contributed by atoms with Gasteiger partial charge in [-0.2, -0.15) is 13.2 Å². The first kappa shape index (κ1) is 16.9. The van der Waals surface area contributed by atoms with Crippen LogP contribution in [-0.4, -0.2) is 27.0 Å². The molecule has 2 unspecified atom stereocenters. The highest BCUT2D eigenvalue weighted by molar-refractivity contribution is 5.31. The molecule has 1 N–H and O–H groups in total. The summed E-state index contributed by atoms with van der Waals surface area (Å²) in [6, 6.07) is 8.51. The second-order valence-electron chi connectivity index (χ2n) is 5.96. The Bertz CT molecular complexity index is 668. The van der Waals surface area contributed by atoms with Crippen molar-refractivity contribution >= 4 is 0 Å². The van der Waals surface area contributed by atoms with Crippen LogP contribution in [-0.2, 0) is 12.6 Å². The number of alkyl halides is 3.